The number of aromatic nitrogens is 1. The van der Waals surface area contributed by atoms with Crippen LogP contribution in [0.3, 0.4) is 0 Å². The lowest BCUT2D eigenvalue weighted by molar-refractivity contribution is -0.141. The van der Waals surface area contributed by atoms with Gasteiger partial charge in [-0.15, -0.1) is 0 Å². The first-order chi connectivity index (χ1) is 8.43. The molecule has 1 unspecified atom stereocenters. The van der Waals surface area contributed by atoms with Crippen LogP contribution in [0, 0.1) is 5.92 Å². The van der Waals surface area contributed by atoms with Crippen molar-refractivity contribution >= 4 is 11.9 Å². The van der Waals surface area contributed by atoms with E-state index < -0.39 is 11.9 Å². The van der Waals surface area contributed by atoms with E-state index in [1.165, 1.54) is 6.20 Å². The van der Waals surface area contributed by atoms with Gasteiger partial charge in [0.25, 0.3) is 5.91 Å². The SMILES string of the molecule is CC(CN(C(=O)c1cccnc1)C(C)C)C(=O)O. The minimum absolute atomic E-state index is 0.0560. The zero-order valence-corrected chi connectivity index (χ0v) is 10.8. The van der Waals surface area contributed by atoms with Crippen LogP contribution in [-0.2, 0) is 4.79 Å². The Morgan fingerprint density at radius 1 is 1.39 bits per heavy atom. The van der Waals surface area contributed by atoms with Crippen molar-refractivity contribution in [3.8, 4) is 0 Å². The maximum absolute atomic E-state index is 12.2. The van der Waals surface area contributed by atoms with E-state index in [9.17, 15) is 9.59 Å². The van der Waals surface area contributed by atoms with Gasteiger partial charge in [0.15, 0.2) is 0 Å². The lowest BCUT2D eigenvalue weighted by atomic mass is 10.1. The van der Waals surface area contributed by atoms with Crippen LogP contribution in [0.4, 0.5) is 0 Å². The molecule has 1 rings (SSSR count). The van der Waals surface area contributed by atoms with Crippen molar-refractivity contribution in [3.05, 3.63) is 30.1 Å². The molecule has 1 aromatic heterocycles. The highest BCUT2D eigenvalue weighted by molar-refractivity contribution is 5.94. The van der Waals surface area contributed by atoms with Crippen molar-refractivity contribution < 1.29 is 14.7 Å². The Morgan fingerprint density at radius 3 is 2.50 bits per heavy atom. The lowest BCUT2D eigenvalue weighted by Crippen LogP contribution is -2.41. The average molecular weight is 250 g/mol. The molecule has 0 saturated carbocycles. The van der Waals surface area contributed by atoms with Gasteiger partial charge < -0.3 is 10.0 Å². The van der Waals surface area contributed by atoms with E-state index in [2.05, 4.69) is 4.98 Å². The van der Waals surface area contributed by atoms with Gasteiger partial charge in [-0.25, -0.2) is 0 Å². The topological polar surface area (TPSA) is 70.5 Å². The molecule has 0 aliphatic heterocycles. The molecule has 1 amide bonds. The van der Waals surface area contributed by atoms with Crippen LogP contribution in [0.1, 0.15) is 31.1 Å². The van der Waals surface area contributed by atoms with E-state index in [-0.39, 0.29) is 18.5 Å². The zero-order chi connectivity index (χ0) is 13.7. The number of nitrogens with zero attached hydrogens (tertiary/aromatic N) is 2. The van der Waals surface area contributed by atoms with Gasteiger partial charge in [0.1, 0.15) is 0 Å². The van der Waals surface area contributed by atoms with Crippen LogP contribution >= 0.6 is 0 Å². The van der Waals surface area contributed by atoms with Crippen molar-refractivity contribution in [2.45, 2.75) is 26.8 Å². The molecular formula is C13H18N2O3. The van der Waals surface area contributed by atoms with E-state index in [0.717, 1.165) is 0 Å². The molecular weight excluding hydrogens is 232 g/mol. The fourth-order valence-corrected chi connectivity index (χ4v) is 1.56. The second-order valence-electron chi connectivity index (χ2n) is 4.53. The summed E-state index contributed by atoms with van der Waals surface area (Å²) in [4.78, 5) is 28.6. The molecule has 0 bridgehead atoms. The molecule has 0 saturated heterocycles. The first-order valence-corrected chi connectivity index (χ1v) is 5.87. The van der Waals surface area contributed by atoms with Gasteiger partial charge in [-0.3, -0.25) is 14.6 Å². The standard InChI is InChI=1S/C13H18N2O3/c1-9(2)15(8-10(3)13(17)18)12(16)11-5-4-6-14-7-11/h4-7,9-10H,8H2,1-3H3,(H,17,18). The Morgan fingerprint density at radius 2 is 2.06 bits per heavy atom. The molecule has 0 spiro atoms. The number of hydrogen-bond donors (Lipinski definition) is 1. The van der Waals surface area contributed by atoms with Crippen LogP contribution in [0.15, 0.2) is 24.5 Å². The summed E-state index contributed by atoms with van der Waals surface area (Å²) < 4.78 is 0. The largest absolute Gasteiger partial charge is 0.481 e. The molecule has 98 valence electrons. The molecule has 0 aliphatic rings. The Balaban J connectivity index is 2.86. The van der Waals surface area contributed by atoms with Crippen LogP contribution in [0.2, 0.25) is 0 Å². The Kier molecular flexibility index (Phi) is 4.83. The van der Waals surface area contributed by atoms with Gasteiger partial charge in [-0.1, -0.05) is 6.92 Å². The number of pyridine rings is 1. The molecule has 0 aromatic carbocycles. The van der Waals surface area contributed by atoms with Crippen molar-refractivity contribution in [2.75, 3.05) is 6.54 Å². The highest BCUT2D eigenvalue weighted by atomic mass is 16.4. The van der Waals surface area contributed by atoms with Gasteiger partial charge >= 0.3 is 5.97 Å². The molecule has 0 aliphatic carbocycles. The number of carbonyl (C=O) groups is 2. The van der Waals surface area contributed by atoms with Gasteiger partial charge in [0.2, 0.25) is 0 Å². The minimum Gasteiger partial charge on any atom is -0.481 e. The summed E-state index contributed by atoms with van der Waals surface area (Å²) in [5.74, 6) is -1.68. The van der Waals surface area contributed by atoms with E-state index >= 15 is 0 Å². The van der Waals surface area contributed by atoms with E-state index in [0.29, 0.717) is 5.56 Å². The van der Waals surface area contributed by atoms with Crippen molar-refractivity contribution in [1.29, 1.82) is 0 Å². The van der Waals surface area contributed by atoms with Crippen molar-refractivity contribution in [1.82, 2.24) is 9.88 Å². The van der Waals surface area contributed by atoms with Gasteiger partial charge in [-0.05, 0) is 26.0 Å². The maximum atomic E-state index is 12.2. The predicted octanol–water partition coefficient (Wildman–Crippen LogP) is 1.65. The molecule has 1 atom stereocenters. The molecule has 5 heteroatoms. The summed E-state index contributed by atoms with van der Waals surface area (Å²) in [7, 11) is 0. The second-order valence-corrected chi connectivity index (χ2v) is 4.53. The Hall–Kier alpha value is -1.91. The van der Waals surface area contributed by atoms with Gasteiger partial charge in [0.05, 0.1) is 11.5 Å². The summed E-state index contributed by atoms with van der Waals surface area (Å²) in [6, 6.07) is 3.31. The lowest BCUT2D eigenvalue weighted by Gasteiger charge is -2.28. The fourth-order valence-electron chi connectivity index (χ4n) is 1.56. The molecule has 18 heavy (non-hydrogen) atoms. The number of aliphatic carboxylic acids is 1. The summed E-state index contributed by atoms with van der Waals surface area (Å²) in [5, 5.41) is 8.91. The molecule has 1 aromatic rings. The number of amides is 1. The summed E-state index contributed by atoms with van der Waals surface area (Å²) in [6.07, 6.45) is 3.08. The average Bonchev–Trinajstić information content (AvgIpc) is 2.35. The van der Waals surface area contributed by atoms with E-state index in [4.69, 9.17) is 5.11 Å². The molecule has 0 fully saturated rings. The van der Waals surface area contributed by atoms with Gasteiger partial charge in [-0.2, -0.15) is 0 Å². The van der Waals surface area contributed by atoms with Crippen molar-refractivity contribution in [2.24, 2.45) is 5.92 Å². The third kappa shape index (κ3) is 3.55. The number of carbonyl (C=O) groups excluding carboxylic acids is 1. The molecule has 1 heterocycles. The van der Waals surface area contributed by atoms with E-state index in [1.807, 2.05) is 13.8 Å². The number of hydrogen-bond acceptors (Lipinski definition) is 3. The van der Waals surface area contributed by atoms with Gasteiger partial charge in [0, 0.05) is 25.0 Å². The fraction of sp³-hybridized carbons (Fsp3) is 0.462. The highest BCUT2D eigenvalue weighted by Crippen LogP contribution is 2.10. The zero-order valence-electron chi connectivity index (χ0n) is 10.8. The van der Waals surface area contributed by atoms with Crippen LogP contribution in [0.25, 0.3) is 0 Å². The third-order valence-electron chi connectivity index (χ3n) is 2.68. The number of rotatable bonds is 5. The van der Waals surface area contributed by atoms with Crippen LogP contribution in [0.5, 0.6) is 0 Å². The monoisotopic (exact) mass is 250 g/mol. The number of carboxylic acid groups (broad SMARTS) is 1. The Bertz CT molecular complexity index is 418. The molecule has 1 N–H and O–H groups in total. The van der Waals surface area contributed by atoms with Crippen molar-refractivity contribution in [3.63, 3.8) is 0 Å². The quantitative estimate of drug-likeness (QED) is 0.862. The summed E-state index contributed by atoms with van der Waals surface area (Å²) >= 11 is 0. The first-order valence-electron chi connectivity index (χ1n) is 5.87. The summed E-state index contributed by atoms with van der Waals surface area (Å²) in [5.41, 5.74) is 0.476. The first kappa shape index (κ1) is 14.2. The molecule has 0 radical (unpaired) electrons. The Labute approximate surface area is 106 Å². The highest BCUT2D eigenvalue weighted by Gasteiger charge is 2.23. The molecule has 5 nitrogen and oxygen atoms in total. The van der Waals surface area contributed by atoms with Crippen LogP contribution < -0.4 is 0 Å². The van der Waals surface area contributed by atoms with E-state index in [1.54, 1.807) is 30.2 Å². The maximum Gasteiger partial charge on any atom is 0.308 e. The smallest absolute Gasteiger partial charge is 0.308 e. The minimum atomic E-state index is -0.903. The van der Waals surface area contributed by atoms with Crippen LogP contribution in [-0.4, -0.2) is 39.5 Å². The normalized spacial score (nSPS) is 12.2. The second kappa shape index (κ2) is 6.14. The number of carboxylic acids is 1. The summed E-state index contributed by atoms with van der Waals surface area (Å²) in [6.45, 7) is 5.51. The predicted molar refractivity (Wildman–Crippen MR) is 67.2 cm³/mol. The third-order valence-corrected chi connectivity index (χ3v) is 2.68.